The van der Waals surface area contributed by atoms with Gasteiger partial charge in [0, 0.05) is 55.3 Å². The number of halogens is 1. The third kappa shape index (κ3) is 2.41. The molecule has 6 nitrogen and oxygen atoms in total. The molecule has 0 amide bonds. The average molecular weight is 492 g/mol. The van der Waals surface area contributed by atoms with Gasteiger partial charge in [-0.1, -0.05) is 28.9 Å². The summed E-state index contributed by atoms with van der Waals surface area (Å²) in [4.78, 5) is 16.0. The van der Waals surface area contributed by atoms with Crippen molar-refractivity contribution in [2.75, 3.05) is 46.4 Å². The van der Waals surface area contributed by atoms with E-state index in [-0.39, 0.29) is 46.8 Å². The summed E-state index contributed by atoms with van der Waals surface area (Å²) in [5.41, 5.74) is 1.33. The molecule has 1 N–H and O–H groups in total. The van der Waals surface area contributed by atoms with Crippen molar-refractivity contribution in [1.29, 1.82) is 0 Å². The Morgan fingerprint density at radius 1 is 1.26 bits per heavy atom. The number of fused-ring (bicyclic) bond motifs is 2. The molecule has 1 aromatic carbocycles. The smallest absolute Gasteiger partial charge is 0.165 e. The highest BCUT2D eigenvalue weighted by atomic mass is 79.9. The lowest BCUT2D eigenvalue weighted by Crippen LogP contribution is -2.68. The Morgan fingerprint density at radius 2 is 2.03 bits per heavy atom. The maximum absolute atomic E-state index is 13.5. The highest BCUT2D eigenvalue weighted by molar-refractivity contribution is 9.09. The van der Waals surface area contributed by atoms with E-state index in [4.69, 9.17) is 14.2 Å². The largest absolute Gasteiger partial charge is 0.504 e. The molecule has 2 fully saturated rings. The first-order chi connectivity index (χ1) is 14.9. The second kappa shape index (κ2) is 7.30. The predicted octanol–water partition coefficient (Wildman–Crippen LogP) is 3.08. The van der Waals surface area contributed by atoms with Crippen LogP contribution in [0, 0.1) is 16.7 Å². The number of hydrogen-bond donors (Lipinski definition) is 1. The summed E-state index contributed by atoms with van der Waals surface area (Å²) < 4.78 is 17.4. The zero-order valence-corrected chi connectivity index (χ0v) is 20.0. The number of rotatable bonds is 6. The lowest BCUT2D eigenvalue weighted by molar-refractivity contribution is -0.159. The fourth-order valence-electron chi connectivity index (χ4n) is 7.66. The Bertz CT molecular complexity index is 950. The summed E-state index contributed by atoms with van der Waals surface area (Å²) >= 11 is 3.80. The number of nitrogens with zero attached hydrogens (tertiary/aromatic N) is 1. The van der Waals surface area contributed by atoms with Crippen LogP contribution in [0.25, 0.3) is 0 Å². The van der Waals surface area contributed by atoms with E-state index in [0.29, 0.717) is 18.9 Å². The molecule has 1 unspecified atom stereocenters. The lowest BCUT2D eigenvalue weighted by atomic mass is 9.49. The minimum Gasteiger partial charge on any atom is -0.504 e. The standard InChI is InChI=1S/C24H30BrNO5/c1-5-26-11-23(12-29-2)18(28)6-7-24-15(10-25)13-8-16(27)17(30-3)9-14(13)19(22(24)26)20(31-4)21(23)24/h6-9,15,19-22,27H,5,10-12H2,1-4H3/t15-,19+,20+,21-,22?,23+,24-/m1/s1. The monoisotopic (exact) mass is 491 g/mol. The van der Waals surface area contributed by atoms with Gasteiger partial charge in [0.05, 0.1) is 25.2 Å². The van der Waals surface area contributed by atoms with Crippen molar-refractivity contribution in [2.45, 2.75) is 30.9 Å². The van der Waals surface area contributed by atoms with Crippen molar-refractivity contribution in [3.05, 3.63) is 35.4 Å². The van der Waals surface area contributed by atoms with Gasteiger partial charge in [0.1, 0.15) is 0 Å². The number of allylic oxidation sites excluding steroid dienone is 1. The number of likely N-dealkylation sites (N-methyl/N-ethyl adjacent to an activating group) is 1. The van der Waals surface area contributed by atoms with Gasteiger partial charge in [0.2, 0.25) is 0 Å². The molecule has 4 aliphatic rings. The van der Waals surface area contributed by atoms with E-state index in [1.165, 1.54) is 0 Å². The highest BCUT2D eigenvalue weighted by Gasteiger charge is 2.77. The van der Waals surface area contributed by atoms with Gasteiger partial charge in [0.25, 0.3) is 0 Å². The molecule has 0 aromatic heterocycles. The minimum absolute atomic E-state index is 0.0108. The molecule has 0 radical (unpaired) electrons. The summed E-state index contributed by atoms with van der Waals surface area (Å²) in [7, 11) is 5.02. The molecule has 1 heterocycles. The Kier molecular flexibility index (Phi) is 5.05. The number of ether oxygens (including phenoxy) is 3. The molecule has 168 valence electrons. The van der Waals surface area contributed by atoms with Crippen LogP contribution < -0.4 is 4.74 Å². The van der Waals surface area contributed by atoms with Gasteiger partial charge in [-0.05, 0) is 35.9 Å². The molecule has 1 saturated heterocycles. The maximum atomic E-state index is 13.5. The van der Waals surface area contributed by atoms with Gasteiger partial charge in [0.15, 0.2) is 17.3 Å². The number of phenolic OH excluding ortho intramolecular Hbond substituents is 1. The van der Waals surface area contributed by atoms with Crippen LogP contribution in [0.3, 0.4) is 0 Å². The predicted molar refractivity (Wildman–Crippen MR) is 120 cm³/mol. The Morgan fingerprint density at radius 3 is 2.65 bits per heavy atom. The van der Waals surface area contributed by atoms with Gasteiger partial charge in [-0.3, -0.25) is 9.69 Å². The van der Waals surface area contributed by atoms with Crippen LogP contribution in [0.15, 0.2) is 24.3 Å². The van der Waals surface area contributed by atoms with Crippen LogP contribution in [0.4, 0.5) is 0 Å². The molecule has 5 rings (SSSR count). The third-order valence-corrected chi connectivity index (χ3v) is 9.17. The van der Waals surface area contributed by atoms with Crippen molar-refractivity contribution in [3.63, 3.8) is 0 Å². The van der Waals surface area contributed by atoms with Gasteiger partial charge in [-0.15, -0.1) is 0 Å². The number of carbonyl (C=O) groups is 1. The van der Waals surface area contributed by atoms with Gasteiger partial charge in [-0.25, -0.2) is 0 Å². The number of benzene rings is 1. The molecule has 1 aromatic rings. The summed E-state index contributed by atoms with van der Waals surface area (Å²) in [5.74, 6) is 0.904. The number of likely N-dealkylation sites (tertiary alicyclic amines) is 1. The number of aromatic hydroxyl groups is 1. The number of piperidine rings is 1. The number of carbonyl (C=O) groups excluding carboxylic acids is 1. The van der Waals surface area contributed by atoms with Crippen molar-refractivity contribution in [2.24, 2.45) is 16.7 Å². The average Bonchev–Trinajstić information content (AvgIpc) is 2.92. The van der Waals surface area contributed by atoms with E-state index >= 15 is 0 Å². The van der Waals surface area contributed by atoms with Crippen LogP contribution in [0.2, 0.25) is 0 Å². The van der Waals surface area contributed by atoms with E-state index in [1.807, 2.05) is 12.1 Å². The van der Waals surface area contributed by atoms with E-state index < -0.39 is 5.41 Å². The normalized spacial score (nSPS) is 40.2. The Balaban J connectivity index is 1.85. The third-order valence-electron chi connectivity index (χ3n) is 8.52. The van der Waals surface area contributed by atoms with Crippen molar-refractivity contribution < 1.29 is 24.1 Å². The van der Waals surface area contributed by atoms with Crippen LogP contribution >= 0.6 is 15.9 Å². The molecule has 7 heteroatoms. The van der Waals surface area contributed by atoms with Crippen LogP contribution in [-0.2, 0) is 14.3 Å². The molecule has 1 spiro atoms. The van der Waals surface area contributed by atoms with E-state index in [2.05, 4.69) is 33.8 Å². The first kappa shape index (κ1) is 21.4. The van der Waals surface area contributed by atoms with E-state index in [0.717, 1.165) is 23.0 Å². The molecular weight excluding hydrogens is 462 g/mol. The second-order valence-corrected chi connectivity index (χ2v) is 10.0. The van der Waals surface area contributed by atoms with Gasteiger partial charge in [-0.2, -0.15) is 0 Å². The van der Waals surface area contributed by atoms with Crippen LogP contribution in [0.1, 0.15) is 29.9 Å². The first-order valence-corrected chi connectivity index (χ1v) is 12.0. The van der Waals surface area contributed by atoms with Crippen LogP contribution in [0.5, 0.6) is 11.5 Å². The Labute approximate surface area is 191 Å². The molecule has 7 atom stereocenters. The zero-order chi connectivity index (χ0) is 22.1. The highest BCUT2D eigenvalue weighted by Crippen LogP contribution is 2.73. The van der Waals surface area contributed by atoms with Crippen LogP contribution in [-0.4, -0.2) is 74.3 Å². The lowest BCUT2D eigenvalue weighted by Gasteiger charge is -2.61. The van der Waals surface area contributed by atoms with Crippen molar-refractivity contribution >= 4 is 21.7 Å². The second-order valence-electron chi connectivity index (χ2n) is 9.36. The molecule has 1 saturated carbocycles. The van der Waals surface area contributed by atoms with E-state index in [9.17, 15) is 9.90 Å². The molecular formula is C24H30BrNO5. The minimum atomic E-state index is -0.653. The van der Waals surface area contributed by atoms with Crippen molar-refractivity contribution in [3.8, 4) is 11.5 Å². The van der Waals surface area contributed by atoms with Crippen molar-refractivity contribution in [1.82, 2.24) is 4.90 Å². The Hall–Kier alpha value is -1.41. The van der Waals surface area contributed by atoms with Gasteiger partial charge >= 0.3 is 0 Å². The molecule has 5 bridgehead atoms. The molecule has 3 aliphatic carbocycles. The first-order valence-electron chi connectivity index (χ1n) is 10.9. The molecule has 31 heavy (non-hydrogen) atoms. The number of alkyl halides is 1. The number of phenols is 1. The summed E-state index contributed by atoms with van der Waals surface area (Å²) in [5, 5.41) is 11.3. The number of ketones is 1. The van der Waals surface area contributed by atoms with Gasteiger partial charge < -0.3 is 19.3 Å². The molecule has 1 aliphatic heterocycles. The fraction of sp³-hybridized carbons (Fsp3) is 0.625. The van der Waals surface area contributed by atoms with E-state index in [1.54, 1.807) is 27.4 Å². The summed E-state index contributed by atoms with van der Waals surface area (Å²) in [6.07, 6.45) is 3.83. The quantitative estimate of drug-likeness (QED) is 0.616. The number of hydrogen-bond acceptors (Lipinski definition) is 6. The summed E-state index contributed by atoms with van der Waals surface area (Å²) in [6, 6.07) is 4.04. The fourth-order valence-corrected chi connectivity index (χ4v) is 8.57. The summed E-state index contributed by atoms with van der Waals surface area (Å²) in [6.45, 7) is 4.06. The zero-order valence-electron chi connectivity index (χ0n) is 18.4. The topological polar surface area (TPSA) is 68.2 Å². The SMILES string of the molecule is CCN1C[C@]2(COC)C(=O)C=C[C@@]34C1[C@@H](c1cc(OC)c(O)cc1[C@H]3CBr)[C@H](OC)[C@H]24. The maximum Gasteiger partial charge on any atom is 0.165 e. The number of methoxy groups -OCH3 is 3.